The van der Waals surface area contributed by atoms with Crippen molar-refractivity contribution in [1.29, 1.82) is 0 Å². The van der Waals surface area contributed by atoms with E-state index in [1.807, 2.05) is 11.0 Å². The predicted molar refractivity (Wildman–Crippen MR) is 79.3 cm³/mol. The van der Waals surface area contributed by atoms with Gasteiger partial charge in [-0.3, -0.25) is 4.79 Å². The van der Waals surface area contributed by atoms with Gasteiger partial charge in [0, 0.05) is 29.8 Å². The van der Waals surface area contributed by atoms with Gasteiger partial charge in [-0.2, -0.15) is 0 Å². The van der Waals surface area contributed by atoms with Crippen molar-refractivity contribution in [3.63, 3.8) is 0 Å². The van der Waals surface area contributed by atoms with Gasteiger partial charge < -0.3 is 10.0 Å². The van der Waals surface area contributed by atoms with Crippen LogP contribution in [0.5, 0.6) is 0 Å². The van der Waals surface area contributed by atoms with Crippen LogP contribution < -0.4 is 0 Å². The Morgan fingerprint density at radius 2 is 1.56 bits per heavy atom. The van der Waals surface area contributed by atoms with Crippen molar-refractivity contribution >= 4 is 43.7 Å². The summed E-state index contributed by atoms with van der Waals surface area (Å²) in [7, 11) is 0. The highest BCUT2D eigenvalue weighted by Crippen LogP contribution is 2.07. The lowest BCUT2D eigenvalue weighted by molar-refractivity contribution is -0.131. The standard InChI is InChI=1S/C8H12BrNO.C4H5BrO2/c9-5-3-4-8(11)10-6-1-2-7-10;5-3-1-2-4(6)7/h3-4H,1-2,5-7H2;1-2H,3H2,(H,6,7)/b4-3+;2-1+. The molecule has 0 bridgehead atoms. The number of hydrogen-bond acceptors (Lipinski definition) is 2. The third kappa shape index (κ3) is 9.41. The molecule has 1 saturated heterocycles. The fourth-order valence-electron chi connectivity index (χ4n) is 1.33. The van der Waals surface area contributed by atoms with Crippen molar-refractivity contribution in [1.82, 2.24) is 4.90 Å². The topological polar surface area (TPSA) is 57.6 Å². The van der Waals surface area contributed by atoms with Crippen LogP contribution in [-0.4, -0.2) is 45.6 Å². The second-order valence-corrected chi connectivity index (χ2v) is 4.78. The molecule has 0 aliphatic carbocycles. The fourth-order valence-corrected chi connectivity index (χ4v) is 1.71. The van der Waals surface area contributed by atoms with Gasteiger partial charge >= 0.3 is 5.97 Å². The van der Waals surface area contributed by atoms with Gasteiger partial charge in [-0.1, -0.05) is 44.0 Å². The number of amides is 1. The summed E-state index contributed by atoms with van der Waals surface area (Å²) in [6.07, 6.45) is 8.40. The van der Waals surface area contributed by atoms with Gasteiger partial charge in [0.05, 0.1) is 0 Å². The highest BCUT2D eigenvalue weighted by molar-refractivity contribution is 9.09. The van der Waals surface area contributed by atoms with Crippen LogP contribution in [0.25, 0.3) is 0 Å². The van der Waals surface area contributed by atoms with Gasteiger partial charge in [0.2, 0.25) is 5.91 Å². The van der Waals surface area contributed by atoms with E-state index < -0.39 is 5.97 Å². The lowest BCUT2D eigenvalue weighted by Crippen LogP contribution is -2.25. The summed E-state index contributed by atoms with van der Waals surface area (Å²) < 4.78 is 0. The summed E-state index contributed by atoms with van der Waals surface area (Å²) in [4.78, 5) is 22.8. The van der Waals surface area contributed by atoms with Crippen LogP contribution in [0, 0.1) is 0 Å². The Hall–Kier alpha value is -0.620. The number of aliphatic carboxylic acids is 1. The molecule has 0 aromatic carbocycles. The lowest BCUT2D eigenvalue weighted by Gasteiger charge is -2.11. The molecular weight excluding hydrogens is 366 g/mol. The van der Waals surface area contributed by atoms with Gasteiger partial charge in [-0.25, -0.2) is 4.79 Å². The van der Waals surface area contributed by atoms with E-state index in [-0.39, 0.29) is 5.91 Å². The van der Waals surface area contributed by atoms with Crippen molar-refractivity contribution in [3.05, 3.63) is 24.3 Å². The molecule has 0 radical (unpaired) electrons. The van der Waals surface area contributed by atoms with Crippen LogP contribution in [0.3, 0.4) is 0 Å². The summed E-state index contributed by atoms with van der Waals surface area (Å²) in [5.74, 6) is -0.749. The number of carboxylic acids is 1. The molecule has 0 aromatic rings. The van der Waals surface area contributed by atoms with E-state index >= 15 is 0 Å². The molecule has 1 N–H and O–H groups in total. The van der Waals surface area contributed by atoms with Crippen LogP contribution in [0.4, 0.5) is 0 Å². The van der Waals surface area contributed by atoms with Gasteiger partial charge in [0.1, 0.15) is 0 Å². The Labute approximate surface area is 124 Å². The number of allylic oxidation sites excluding steroid dienone is 2. The minimum Gasteiger partial charge on any atom is -0.478 e. The van der Waals surface area contributed by atoms with Crippen LogP contribution in [0.2, 0.25) is 0 Å². The molecule has 0 saturated carbocycles. The first-order valence-corrected chi connectivity index (χ1v) is 7.83. The molecule has 1 heterocycles. The Morgan fingerprint density at radius 1 is 1.06 bits per heavy atom. The monoisotopic (exact) mass is 381 g/mol. The second-order valence-electron chi connectivity index (χ2n) is 3.48. The zero-order valence-electron chi connectivity index (χ0n) is 10.0. The van der Waals surface area contributed by atoms with Crippen molar-refractivity contribution in [3.8, 4) is 0 Å². The predicted octanol–water partition coefficient (Wildman–Crippen LogP) is 2.58. The number of halogens is 2. The Bertz CT molecular complexity index is 310. The molecule has 0 unspecified atom stereocenters. The van der Waals surface area contributed by atoms with Gasteiger partial charge in [0.15, 0.2) is 0 Å². The van der Waals surface area contributed by atoms with Crippen LogP contribution in [0.15, 0.2) is 24.3 Å². The largest absolute Gasteiger partial charge is 0.478 e. The SMILES string of the molecule is O=C(/C=C/CBr)N1CCCC1.O=C(O)/C=C/CBr. The molecule has 0 atom stereocenters. The molecule has 1 rings (SSSR count). The number of carbonyl (C=O) groups excluding carboxylic acids is 1. The molecule has 4 nitrogen and oxygen atoms in total. The van der Waals surface area contributed by atoms with E-state index in [4.69, 9.17) is 5.11 Å². The van der Waals surface area contributed by atoms with Gasteiger partial charge in [0.25, 0.3) is 0 Å². The first-order chi connectivity index (χ1) is 8.61. The normalized spacial score (nSPS) is 14.9. The minimum atomic E-state index is -0.903. The number of carbonyl (C=O) groups is 2. The van der Waals surface area contributed by atoms with E-state index in [1.54, 1.807) is 6.08 Å². The van der Waals surface area contributed by atoms with Crippen molar-refractivity contribution in [2.45, 2.75) is 12.8 Å². The first-order valence-electron chi connectivity index (χ1n) is 5.58. The van der Waals surface area contributed by atoms with Crippen molar-refractivity contribution < 1.29 is 14.7 Å². The summed E-state index contributed by atoms with van der Waals surface area (Å²) in [5, 5.41) is 9.29. The van der Waals surface area contributed by atoms with E-state index in [0.717, 1.165) is 37.3 Å². The van der Waals surface area contributed by atoms with Crippen LogP contribution in [0.1, 0.15) is 12.8 Å². The average molecular weight is 383 g/mol. The van der Waals surface area contributed by atoms with Gasteiger partial charge in [-0.05, 0) is 18.9 Å². The number of alkyl halides is 2. The molecule has 1 fully saturated rings. The smallest absolute Gasteiger partial charge is 0.328 e. The number of nitrogens with zero attached hydrogens (tertiary/aromatic N) is 1. The Balaban J connectivity index is 0.000000360. The summed E-state index contributed by atoms with van der Waals surface area (Å²) in [6.45, 7) is 1.87. The number of hydrogen-bond donors (Lipinski definition) is 1. The summed E-state index contributed by atoms with van der Waals surface area (Å²) in [6, 6.07) is 0. The molecule has 102 valence electrons. The number of carboxylic acid groups (broad SMARTS) is 1. The highest BCUT2D eigenvalue weighted by atomic mass is 79.9. The fraction of sp³-hybridized carbons (Fsp3) is 0.500. The zero-order chi connectivity index (χ0) is 13.8. The summed E-state index contributed by atoms with van der Waals surface area (Å²) in [5.41, 5.74) is 0. The Morgan fingerprint density at radius 3 is 1.94 bits per heavy atom. The second kappa shape index (κ2) is 11.5. The van der Waals surface area contributed by atoms with E-state index in [2.05, 4.69) is 31.9 Å². The van der Waals surface area contributed by atoms with E-state index in [9.17, 15) is 9.59 Å². The molecule has 1 aliphatic rings. The number of likely N-dealkylation sites (tertiary alicyclic amines) is 1. The molecular formula is C12H17Br2NO3. The van der Waals surface area contributed by atoms with Crippen LogP contribution in [-0.2, 0) is 9.59 Å². The maximum Gasteiger partial charge on any atom is 0.328 e. The molecule has 1 aliphatic heterocycles. The molecule has 18 heavy (non-hydrogen) atoms. The first kappa shape index (κ1) is 17.4. The summed E-state index contributed by atoms with van der Waals surface area (Å²) >= 11 is 6.26. The van der Waals surface area contributed by atoms with E-state index in [0.29, 0.717) is 5.33 Å². The average Bonchev–Trinajstić information content (AvgIpc) is 2.88. The zero-order valence-corrected chi connectivity index (χ0v) is 13.2. The highest BCUT2D eigenvalue weighted by Gasteiger charge is 2.14. The maximum atomic E-state index is 11.2. The minimum absolute atomic E-state index is 0.155. The molecule has 0 aromatic heterocycles. The van der Waals surface area contributed by atoms with E-state index in [1.165, 1.54) is 6.08 Å². The third-order valence-corrected chi connectivity index (χ3v) is 2.86. The molecule has 1 amide bonds. The lowest BCUT2D eigenvalue weighted by atomic mass is 10.4. The molecule has 6 heteroatoms. The van der Waals surface area contributed by atoms with Crippen LogP contribution >= 0.6 is 31.9 Å². The Kier molecular flexibility index (Phi) is 11.1. The maximum absolute atomic E-state index is 11.2. The molecule has 0 spiro atoms. The third-order valence-electron chi connectivity index (χ3n) is 2.12. The number of rotatable bonds is 4. The van der Waals surface area contributed by atoms with Crippen molar-refractivity contribution in [2.75, 3.05) is 23.7 Å². The quantitative estimate of drug-likeness (QED) is 0.600. The van der Waals surface area contributed by atoms with Crippen molar-refractivity contribution in [2.24, 2.45) is 0 Å². The van der Waals surface area contributed by atoms with Gasteiger partial charge in [-0.15, -0.1) is 0 Å².